The van der Waals surface area contributed by atoms with Crippen LogP contribution in [0.4, 0.5) is 5.69 Å². The van der Waals surface area contributed by atoms with E-state index in [1.165, 1.54) is 6.20 Å². The van der Waals surface area contributed by atoms with E-state index in [0.29, 0.717) is 16.3 Å². The van der Waals surface area contributed by atoms with Crippen molar-refractivity contribution < 1.29 is 8.42 Å². The molecular formula is C11H10BrN3O2S3. The number of benzene rings is 1. The SMILES string of the molecule is Cc1ncc(S(=O)(=O)Nc2cc(Br)ccc2C(N)=S)s1. The fourth-order valence-electron chi connectivity index (χ4n) is 1.48. The van der Waals surface area contributed by atoms with E-state index in [0.717, 1.165) is 15.8 Å². The van der Waals surface area contributed by atoms with Gasteiger partial charge in [0, 0.05) is 10.0 Å². The third kappa shape index (κ3) is 3.35. The second-order valence-corrected chi connectivity index (χ2v) is 8.36. The Hall–Kier alpha value is -1.03. The largest absolute Gasteiger partial charge is 0.389 e. The lowest BCUT2D eigenvalue weighted by molar-refractivity contribution is 0.603. The third-order valence-electron chi connectivity index (χ3n) is 2.36. The van der Waals surface area contributed by atoms with E-state index in [9.17, 15) is 8.42 Å². The van der Waals surface area contributed by atoms with Gasteiger partial charge in [-0.05, 0) is 25.1 Å². The van der Waals surface area contributed by atoms with E-state index in [1.807, 2.05) is 0 Å². The highest BCUT2D eigenvalue weighted by Gasteiger charge is 2.19. The van der Waals surface area contributed by atoms with Gasteiger partial charge in [0.1, 0.15) is 4.99 Å². The van der Waals surface area contributed by atoms with Gasteiger partial charge in [-0.1, -0.05) is 28.1 Å². The molecule has 20 heavy (non-hydrogen) atoms. The highest BCUT2D eigenvalue weighted by Crippen LogP contribution is 2.26. The third-order valence-corrected chi connectivity index (χ3v) is 5.81. The highest BCUT2D eigenvalue weighted by molar-refractivity contribution is 9.10. The number of nitrogens with one attached hydrogen (secondary N) is 1. The van der Waals surface area contributed by atoms with E-state index in [4.69, 9.17) is 18.0 Å². The molecule has 0 aliphatic heterocycles. The fourth-order valence-corrected chi connectivity index (χ4v) is 4.19. The summed E-state index contributed by atoms with van der Waals surface area (Å²) in [6.45, 7) is 1.74. The molecule has 2 aromatic rings. The van der Waals surface area contributed by atoms with Crippen molar-refractivity contribution in [1.82, 2.24) is 4.98 Å². The molecule has 0 saturated carbocycles. The molecule has 0 aliphatic carbocycles. The minimum atomic E-state index is -3.70. The summed E-state index contributed by atoms with van der Waals surface area (Å²) in [5.41, 5.74) is 6.40. The molecule has 0 unspecified atom stereocenters. The van der Waals surface area contributed by atoms with Crippen molar-refractivity contribution in [2.24, 2.45) is 5.73 Å². The minimum Gasteiger partial charge on any atom is -0.389 e. The normalized spacial score (nSPS) is 11.3. The molecule has 1 heterocycles. The molecule has 0 spiro atoms. The molecule has 1 aromatic carbocycles. The van der Waals surface area contributed by atoms with E-state index in [-0.39, 0.29) is 9.20 Å². The van der Waals surface area contributed by atoms with Crippen molar-refractivity contribution in [3.05, 3.63) is 39.4 Å². The van der Waals surface area contributed by atoms with Crippen molar-refractivity contribution in [2.75, 3.05) is 4.72 Å². The molecule has 2 rings (SSSR count). The summed E-state index contributed by atoms with van der Waals surface area (Å²) in [5.74, 6) is 0. The number of hydrogen-bond acceptors (Lipinski definition) is 5. The van der Waals surface area contributed by atoms with E-state index >= 15 is 0 Å². The molecule has 0 aliphatic rings. The summed E-state index contributed by atoms with van der Waals surface area (Å²) >= 11 is 9.30. The maximum atomic E-state index is 12.3. The van der Waals surface area contributed by atoms with Crippen LogP contribution in [0.5, 0.6) is 0 Å². The predicted octanol–water partition coefficient (Wildman–Crippen LogP) is 2.65. The molecule has 3 N–H and O–H groups in total. The van der Waals surface area contributed by atoms with Crippen LogP contribution in [0, 0.1) is 6.92 Å². The molecule has 106 valence electrons. The molecular weight excluding hydrogens is 382 g/mol. The summed E-state index contributed by atoms with van der Waals surface area (Å²) in [5, 5.41) is 0.675. The lowest BCUT2D eigenvalue weighted by atomic mass is 10.2. The first kappa shape index (κ1) is 15.4. The maximum Gasteiger partial charge on any atom is 0.273 e. The Labute approximate surface area is 134 Å². The zero-order chi connectivity index (χ0) is 14.9. The van der Waals surface area contributed by atoms with Crippen molar-refractivity contribution in [1.29, 1.82) is 0 Å². The first-order chi connectivity index (χ1) is 9.29. The summed E-state index contributed by atoms with van der Waals surface area (Å²) in [4.78, 5) is 4.06. The summed E-state index contributed by atoms with van der Waals surface area (Å²) in [6.07, 6.45) is 1.32. The summed E-state index contributed by atoms with van der Waals surface area (Å²) in [7, 11) is -3.70. The van der Waals surface area contributed by atoms with Gasteiger partial charge in [0.25, 0.3) is 10.0 Å². The Morgan fingerprint density at radius 3 is 2.75 bits per heavy atom. The molecule has 0 bridgehead atoms. The van der Waals surface area contributed by atoms with Gasteiger partial charge in [0.15, 0.2) is 4.21 Å². The van der Waals surface area contributed by atoms with E-state index in [1.54, 1.807) is 25.1 Å². The van der Waals surface area contributed by atoms with Crippen LogP contribution in [0.2, 0.25) is 0 Å². The Morgan fingerprint density at radius 2 is 2.20 bits per heavy atom. The van der Waals surface area contributed by atoms with E-state index < -0.39 is 10.0 Å². The van der Waals surface area contributed by atoms with Gasteiger partial charge in [-0.3, -0.25) is 4.72 Å². The Bertz CT molecular complexity index is 771. The van der Waals surface area contributed by atoms with Gasteiger partial charge in [-0.25, -0.2) is 13.4 Å². The van der Waals surface area contributed by atoms with Crippen molar-refractivity contribution in [3.8, 4) is 0 Å². The average molecular weight is 392 g/mol. The first-order valence-corrected chi connectivity index (χ1v) is 8.84. The quantitative estimate of drug-likeness (QED) is 0.782. The Morgan fingerprint density at radius 1 is 1.50 bits per heavy atom. The standard InChI is InChI=1S/C11H10BrN3O2S3/c1-6-14-5-10(19-6)20(16,17)15-9-4-7(12)2-3-8(9)11(13)18/h2-5,15H,1H3,(H2,13,18). The number of aromatic nitrogens is 1. The number of halogens is 1. The van der Waals surface area contributed by atoms with Crippen molar-refractivity contribution in [2.45, 2.75) is 11.1 Å². The maximum absolute atomic E-state index is 12.3. The Balaban J connectivity index is 2.44. The molecule has 0 fully saturated rings. The highest BCUT2D eigenvalue weighted by atomic mass is 79.9. The van der Waals surface area contributed by atoms with Crippen LogP contribution in [0.25, 0.3) is 0 Å². The van der Waals surface area contributed by atoms with Crippen LogP contribution in [0.3, 0.4) is 0 Å². The summed E-state index contributed by atoms with van der Waals surface area (Å²) < 4.78 is 27.9. The number of rotatable bonds is 4. The van der Waals surface area contributed by atoms with E-state index in [2.05, 4.69) is 25.6 Å². The predicted molar refractivity (Wildman–Crippen MR) is 87.7 cm³/mol. The number of nitrogens with two attached hydrogens (primary N) is 1. The smallest absolute Gasteiger partial charge is 0.273 e. The number of hydrogen-bond donors (Lipinski definition) is 2. The molecule has 0 amide bonds. The zero-order valence-corrected chi connectivity index (χ0v) is 14.3. The number of thiazole rings is 1. The van der Waals surface area contributed by atoms with Crippen LogP contribution >= 0.6 is 39.5 Å². The lowest BCUT2D eigenvalue weighted by Gasteiger charge is -2.11. The molecule has 9 heteroatoms. The lowest BCUT2D eigenvalue weighted by Crippen LogP contribution is -2.17. The number of thiocarbonyl (C=S) groups is 1. The van der Waals surface area contributed by atoms with Gasteiger partial charge in [0.05, 0.1) is 16.9 Å². The minimum absolute atomic E-state index is 0.121. The van der Waals surface area contributed by atoms with Crippen molar-refractivity contribution >= 4 is 60.2 Å². The average Bonchev–Trinajstić information content (AvgIpc) is 2.75. The topological polar surface area (TPSA) is 85.1 Å². The van der Waals surface area contributed by atoms with Crippen LogP contribution < -0.4 is 10.5 Å². The van der Waals surface area contributed by atoms with Crippen LogP contribution in [-0.2, 0) is 10.0 Å². The molecule has 5 nitrogen and oxygen atoms in total. The number of nitrogens with zero attached hydrogens (tertiary/aromatic N) is 1. The van der Waals surface area contributed by atoms with Gasteiger partial charge in [0.2, 0.25) is 0 Å². The van der Waals surface area contributed by atoms with Gasteiger partial charge < -0.3 is 5.73 Å². The number of anilines is 1. The molecule has 0 atom stereocenters. The molecule has 1 aromatic heterocycles. The summed E-state index contributed by atoms with van der Waals surface area (Å²) in [6, 6.07) is 5.01. The number of aryl methyl sites for hydroxylation is 1. The van der Waals surface area contributed by atoms with Crippen LogP contribution in [0.1, 0.15) is 10.6 Å². The van der Waals surface area contributed by atoms with Crippen molar-refractivity contribution in [3.63, 3.8) is 0 Å². The van der Waals surface area contributed by atoms with Gasteiger partial charge in [-0.15, -0.1) is 11.3 Å². The Kier molecular flexibility index (Phi) is 4.43. The monoisotopic (exact) mass is 391 g/mol. The second kappa shape index (κ2) is 5.76. The zero-order valence-electron chi connectivity index (χ0n) is 10.3. The van der Waals surface area contributed by atoms with Gasteiger partial charge >= 0.3 is 0 Å². The first-order valence-electron chi connectivity index (χ1n) is 5.34. The molecule has 0 saturated heterocycles. The molecule has 0 radical (unpaired) electrons. The fraction of sp³-hybridized carbons (Fsp3) is 0.0909. The second-order valence-electron chi connectivity index (χ2n) is 3.86. The van der Waals surface area contributed by atoms with Crippen LogP contribution in [0.15, 0.2) is 33.1 Å². The number of sulfonamides is 1. The van der Waals surface area contributed by atoms with Crippen LogP contribution in [-0.4, -0.2) is 18.4 Å². The van der Waals surface area contributed by atoms with Gasteiger partial charge in [-0.2, -0.15) is 0 Å².